The number of halogens is 2. The molecule has 6 heteroatoms. The second-order valence-corrected chi connectivity index (χ2v) is 5.15. The van der Waals surface area contributed by atoms with Crippen LogP contribution < -0.4 is 0 Å². The number of hydrogen-bond donors (Lipinski definition) is 1. The summed E-state index contributed by atoms with van der Waals surface area (Å²) in [6.07, 6.45) is 2.54. The third-order valence-electron chi connectivity index (χ3n) is 3.53. The van der Waals surface area contributed by atoms with E-state index in [1.807, 2.05) is 4.57 Å². The maximum absolute atomic E-state index is 13.4. The van der Waals surface area contributed by atoms with E-state index in [1.165, 1.54) is 0 Å². The number of hydrogen-bond acceptors (Lipinski definition) is 2. The van der Waals surface area contributed by atoms with Gasteiger partial charge in [0.15, 0.2) is 11.6 Å². The van der Waals surface area contributed by atoms with Crippen LogP contribution in [0.15, 0.2) is 12.1 Å². The lowest BCUT2D eigenvalue weighted by atomic mass is 10.2. The van der Waals surface area contributed by atoms with Crippen molar-refractivity contribution < 1.29 is 18.7 Å². The van der Waals surface area contributed by atoms with Crippen LogP contribution in [-0.4, -0.2) is 20.6 Å². The van der Waals surface area contributed by atoms with Gasteiger partial charge in [-0.05, 0) is 19.3 Å². The second-order valence-electron chi connectivity index (χ2n) is 5.15. The molecule has 1 aromatic carbocycles. The molecular weight excluding hydrogens is 266 g/mol. The first-order valence-corrected chi connectivity index (χ1v) is 6.63. The molecule has 1 aromatic heterocycles. The zero-order valence-electron chi connectivity index (χ0n) is 10.8. The van der Waals surface area contributed by atoms with Crippen molar-refractivity contribution in [2.24, 2.45) is 0 Å². The van der Waals surface area contributed by atoms with Crippen molar-refractivity contribution in [2.45, 2.75) is 38.1 Å². The largest absolute Gasteiger partial charge is 0.481 e. The molecule has 0 aliphatic heterocycles. The summed E-state index contributed by atoms with van der Waals surface area (Å²) in [5.74, 6) is -1.53. The van der Waals surface area contributed by atoms with Crippen molar-refractivity contribution in [3.05, 3.63) is 29.6 Å². The topological polar surface area (TPSA) is 55.1 Å². The molecule has 0 atom stereocenters. The minimum Gasteiger partial charge on any atom is -0.481 e. The van der Waals surface area contributed by atoms with Gasteiger partial charge in [0.2, 0.25) is 0 Å². The van der Waals surface area contributed by atoms with E-state index in [9.17, 15) is 13.6 Å². The fourth-order valence-corrected chi connectivity index (χ4v) is 2.42. The maximum atomic E-state index is 13.4. The summed E-state index contributed by atoms with van der Waals surface area (Å²) >= 11 is 0. The van der Waals surface area contributed by atoms with E-state index in [-0.39, 0.29) is 6.42 Å². The van der Waals surface area contributed by atoms with Crippen molar-refractivity contribution in [3.8, 4) is 0 Å². The Morgan fingerprint density at radius 2 is 2.05 bits per heavy atom. The van der Waals surface area contributed by atoms with Gasteiger partial charge in [-0.3, -0.25) is 4.79 Å². The molecule has 0 bridgehead atoms. The van der Waals surface area contributed by atoms with Gasteiger partial charge in [0, 0.05) is 31.0 Å². The molecule has 1 saturated carbocycles. The van der Waals surface area contributed by atoms with Crippen LogP contribution in [0.5, 0.6) is 0 Å². The van der Waals surface area contributed by atoms with Gasteiger partial charge >= 0.3 is 5.97 Å². The number of benzene rings is 1. The molecule has 0 unspecified atom stereocenters. The van der Waals surface area contributed by atoms with Crippen LogP contribution in [0.4, 0.5) is 8.78 Å². The van der Waals surface area contributed by atoms with E-state index in [4.69, 9.17) is 5.11 Å². The molecule has 4 nitrogen and oxygen atoms in total. The molecule has 1 aliphatic rings. The second kappa shape index (κ2) is 4.85. The third-order valence-corrected chi connectivity index (χ3v) is 3.53. The molecule has 1 N–H and O–H groups in total. The van der Waals surface area contributed by atoms with Gasteiger partial charge < -0.3 is 9.67 Å². The smallest absolute Gasteiger partial charge is 0.303 e. The van der Waals surface area contributed by atoms with Gasteiger partial charge in [-0.2, -0.15) is 0 Å². The number of rotatable bonds is 5. The van der Waals surface area contributed by atoms with Crippen molar-refractivity contribution >= 4 is 17.0 Å². The van der Waals surface area contributed by atoms with Crippen LogP contribution in [-0.2, 0) is 11.3 Å². The SMILES string of the molecule is O=C(O)CCCn1c(C2CC2)nc2cc(F)c(F)cc21. The van der Waals surface area contributed by atoms with E-state index in [0.717, 1.165) is 30.8 Å². The lowest BCUT2D eigenvalue weighted by Gasteiger charge is -2.07. The predicted molar refractivity (Wildman–Crippen MR) is 68.5 cm³/mol. The minimum atomic E-state index is -0.907. The standard InChI is InChI=1S/C14H14F2N2O2/c15-9-6-11-12(7-10(9)16)18(5-1-2-13(19)20)14(17-11)8-3-4-8/h6-8H,1-5H2,(H,19,20). The number of aryl methyl sites for hydroxylation is 1. The van der Waals surface area contributed by atoms with Gasteiger partial charge in [-0.25, -0.2) is 13.8 Å². The Kier molecular flexibility index (Phi) is 3.16. The molecule has 0 spiro atoms. The fraction of sp³-hybridized carbons (Fsp3) is 0.429. The normalized spacial score (nSPS) is 14.9. The zero-order chi connectivity index (χ0) is 14.3. The molecule has 0 saturated heterocycles. The van der Waals surface area contributed by atoms with Crippen LogP contribution in [0.25, 0.3) is 11.0 Å². The molecule has 1 aliphatic carbocycles. The van der Waals surface area contributed by atoms with Crippen LogP contribution >= 0.6 is 0 Å². The summed E-state index contributed by atoms with van der Waals surface area (Å²) in [6.45, 7) is 0.458. The van der Waals surface area contributed by atoms with Crippen molar-refractivity contribution in [3.63, 3.8) is 0 Å². The van der Waals surface area contributed by atoms with Crippen LogP contribution in [0.1, 0.15) is 37.4 Å². The van der Waals surface area contributed by atoms with E-state index < -0.39 is 17.6 Å². The Morgan fingerprint density at radius 1 is 1.35 bits per heavy atom. The lowest BCUT2D eigenvalue weighted by Crippen LogP contribution is -2.05. The number of fused-ring (bicyclic) bond motifs is 1. The summed E-state index contributed by atoms with van der Waals surface area (Å²) in [6, 6.07) is 2.24. The number of carbonyl (C=O) groups is 1. The number of imidazole rings is 1. The molecule has 1 heterocycles. The minimum absolute atomic E-state index is 0.0491. The van der Waals surface area contributed by atoms with E-state index >= 15 is 0 Å². The number of carboxylic acid groups (broad SMARTS) is 1. The Hall–Kier alpha value is -1.98. The highest BCUT2D eigenvalue weighted by Gasteiger charge is 2.29. The third kappa shape index (κ3) is 2.37. The summed E-state index contributed by atoms with van der Waals surface area (Å²) in [5.41, 5.74) is 0.970. The molecule has 2 aromatic rings. The molecule has 106 valence electrons. The number of aliphatic carboxylic acids is 1. The Bertz CT molecular complexity index is 677. The van der Waals surface area contributed by atoms with Gasteiger partial charge in [-0.1, -0.05) is 0 Å². The van der Waals surface area contributed by atoms with E-state index in [0.29, 0.717) is 29.9 Å². The predicted octanol–water partition coefficient (Wildman–Crippen LogP) is 3.06. The number of aromatic nitrogens is 2. The van der Waals surface area contributed by atoms with Crippen LogP contribution in [0.2, 0.25) is 0 Å². The first kappa shape index (κ1) is 13.0. The molecular formula is C14H14F2N2O2. The maximum Gasteiger partial charge on any atom is 0.303 e. The van der Waals surface area contributed by atoms with Gasteiger partial charge in [0.1, 0.15) is 5.82 Å². The van der Waals surface area contributed by atoms with Crippen LogP contribution in [0.3, 0.4) is 0 Å². The summed E-state index contributed by atoms with van der Waals surface area (Å²) in [7, 11) is 0. The first-order valence-electron chi connectivity index (χ1n) is 6.63. The van der Waals surface area contributed by atoms with E-state index in [1.54, 1.807) is 0 Å². The molecule has 0 radical (unpaired) electrons. The molecule has 0 amide bonds. The number of nitrogens with zero attached hydrogens (tertiary/aromatic N) is 2. The van der Waals surface area contributed by atoms with E-state index in [2.05, 4.69) is 4.98 Å². The summed E-state index contributed by atoms with van der Waals surface area (Å²) in [5, 5.41) is 8.69. The Balaban J connectivity index is 1.99. The monoisotopic (exact) mass is 280 g/mol. The van der Waals surface area contributed by atoms with Gasteiger partial charge in [0.05, 0.1) is 11.0 Å². The van der Waals surface area contributed by atoms with Crippen LogP contribution in [0, 0.1) is 11.6 Å². The van der Waals surface area contributed by atoms with Crippen molar-refractivity contribution in [1.82, 2.24) is 9.55 Å². The number of carboxylic acids is 1. The van der Waals surface area contributed by atoms with Crippen molar-refractivity contribution in [1.29, 1.82) is 0 Å². The zero-order valence-corrected chi connectivity index (χ0v) is 10.8. The lowest BCUT2D eigenvalue weighted by molar-refractivity contribution is -0.137. The summed E-state index contributed by atoms with van der Waals surface area (Å²) in [4.78, 5) is 15.0. The average molecular weight is 280 g/mol. The highest BCUT2D eigenvalue weighted by molar-refractivity contribution is 5.76. The van der Waals surface area contributed by atoms with Crippen molar-refractivity contribution in [2.75, 3.05) is 0 Å². The molecule has 20 heavy (non-hydrogen) atoms. The average Bonchev–Trinajstić information content (AvgIpc) is 3.16. The van der Waals surface area contributed by atoms with Gasteiger partial charge in [-0.15, -0.1) is 0 Å². The quantitative estimate of drug-likeness (QED) is 0.915. The Labute approximate surface area is 114 Å². The van der Waals surface area contributed by atoms with Gasteiger partial charge in [0.25, 0.3) is 0 Å². The fourth-order valence-electron chi connectivity index (χ4n) is 2.42. The molecule has 1 fully saturated rings. The Morgan fingerprint density at radius 3 is 2.70 bits per heavy atom. The highest BCUT2D eigenvalue weighted by Crippen LogP contribution is 2.41. The molecule has 3 rings (SSSR count). The highest BCUT2D eigenvalue weighted by atomic mass is 19.2. The first-order chi connectivity index (χ1) is 9.56. The summed E-state index contributed by atoms with van der Waals surface area (Å²) < 4.78 is 28.5.